The maximum absolute atomic E-state index is 9.17. The Labute approximate surface area is 72.6 Å². The van der Waals surface area contributed by atoms with E-state index in [-0.39, 0.29) is 0 Å². The van der Waals surface area contributed by atoms with E-state index in [1.807, 2.05) is 11.8 Å². The molecule has 1 heterocycles. The summed E-state index contributed by atoms with van der Waals surface area (Å²) >= 11 is 2.00. The van der Waals surface area contributed by atoms with E-state index in [0.717, 1.165) is 6.42 Å². The molecule has 1 fully saturated rings. The van der Waals surface area contributed by atoms with Gasteiger partial charge in [0.25, 0.3) is 0 Å². The number of rotatable bonds is 2. The molecule has 1 aliphatic heterocycles. The van der Waals surface area contributed by atoms with Gasteiger partial charge < -0.3 is 5.11 Å². The van der Waals surface area contributed by atoms with Crippen molar-refractivity contribution >= 4 is 11.8 Å². The molecule has 1 atom stereocenters. The molecule has 0 spiro atoms. The molecule has 0 aliphatic carbocycles. The van der Waals surface area contributed by atoms with Crippen LogP contribution in [0.15, 0.2) is 0 Å². The van der Waals surface area contributed by atoms with Gasteiger partial charge in [-0.1, -0.05) is 5.92 Å². The van der Waals surface area contributed by atoms with Crippen molar-refractivity contribution in [1.82, 2.24) is 0 Å². The molecule has 0 amide bonds. The van der Waals surface area contributed by atoms with Crippen LogP contribution in [0.5, 0.6) is 0 Å². The second kappa shape index (κ2) is 4.69. The molecule has 1 rings (SSSR count). The number of terminal acetylenes is 1. The Morgan fingerprint density at radius 3 is 2.73 bits per heavy atom. The molecule has 0 saturated carbocycles. The van der Waals surface area contributed by atoms with Gasteiger partial charge >= 0.3 is 0 Å². The van der Waals surface area contributed by atoms with Crippen molar-refractivity contribution in [3.63, 3.8) is 0 Å². The van der Waals surface area contributed by atoms with Gasteiger partial charge in [0.05, 0.1) is 0 Å². The topological polar surface area (TPSA) is 20.2 Å². The molecular formula is C9H14OS. The van der Waals surface area contributed by atoms with Crippen molar-refractivity contribution in [3.05, 3.63) is 0 Å². The van der Waals surface area contributed by atoms with Crippen molar-refractivity contribution in [1.29, 1.82) is 0 Å². The fourth-order valence-electron chi connectivity index (χ4n) is 1.37. The number of aliphatic hydroxyl groups is 1. The third kappa shape index (κ3) is 3.18. The minimum absolute atomic E-state index is 0.511. The molecule has 2 heteroatoms. The zero-order chi connectivity index (χ0) is 8.10. The van der Waals surface area contributed by atoms with E-state index in [4.69, 9.17) is 11.5 Å². The third-order valence-corrected chi connectivity index (χ3v) is 3.14. The third-order valence-electron chi connectivity index (χ3n) is 2.09. The van der Waals surface area contributed by atoms with Crippen molar-refractivity contribution < 1.29 is 5.11 Å². The predicted octanol–water partition coefficient (Wildman–Crippen LogP) is 1.51. The lowest BCUT2D eigenvalue weighted by Crippen LogP contribution is -2.16. The summed E-state index contributed by atoms with van der Waals surface area (Å²) in [6, 6.07) is 0. The van der Waals surface area contributed by atoms with Gasteiger partial charge in [0.2, 0.25) is 0 Å². The summed E-state index contributed by atoms with van der Waals surface area (Å²) in [7, 11) is 0. The normalized spacial score (nSPS) is 22.5. The Morgan fingerprint density at radius 2 is 2.18 bits per heavy atom. The van der Waals surface area contributed by atoms with Crippen molar-refractivity contribution in [3.8, 4) is 12.3 Å². The van der Waals surface area contributed by atoms with Crippen LogP contribution in [0, 0.1) is 18.3 Å². The molecule has 11 heavy (non-hydrogen) atoms. The van der Waals surface area contributed by atoms with E-state index in [2.05, 4.69) is 5.92 Å². The summed E-state index contributed by atoms with van der Waals surface area (Å²) in [6.45, 7) is 0. The fraction of sp³-hybridized carbons (Fsp3) is 0.778. The average molecular weight is 170 g/mol. The molecule has 1 unspecified atom stereocenters. The minimum Gasteiger partial charge on any atom is -0.380 e. The van der Waals surface area contributed by atoms with Gasteiger partial charge in [0.1, 0.15) is 6.10 Å². The van der Waals surface area contributed by atoms with E-state index < -0.39 is 6.10 Å². The molecule has 0 radical (unpaired) electrons. The first-order valence-electron chi connectivity index (χ1n) is 4.05. The molecule has 0 aromatic carbocycles. The van der Waals surface area contributed by atoms with Crippen LogP contribution in [0.1, 0.15) is 19.3 Å². The first kappa shape index (κ1) is 8.96. The summed E-state index contributed by atoms with van der Waals surface area (Å²) < 4.78 is 0. The summed E-state index contributed by atoms with van der Waals surface area (Å²) in [6.07, 6.45) is 7.83. The van der Waals surface area contributed by atoms with Crippen LogP contribution in [-0.4, -0.2) is 22.7 Å². The van der Waals surface area contributed by atoms with Crippen LogP contribution < -0.4 is 0 Å². The quantitative estimate of drug-likeness (QED) is 0.634. The second-order valence-corrected chi connectivity index (χ2v) is 4.20. The largest absolute Gasteiger partial charge is 0.380 e. The van der Waals surface area contributed by atoms with Crippen molar-refractivity contribution in [2.45, 2.75) is 25.4 Å². The lowest BCUT2D eigenvalue weighted by molar-refractivity contribution is 0.191. The first-order valence-corrected chi connectivity index (χ1v) is 5.20. The van der Waals surface area contributed by atoms with Gasteiger partial charge in [-0.25, -0.2) is 0 Å². The Balaban J connectivity index is 2.20. The second-order valence-electron chi connectivity index (χ2n) is 2.97. The first-order chi connectivity index (χ1) is 5.33. The summed E-state index contributed by atoms with van der Waals surface area (Å²) in [5, 5.41) is 9.17. The van der Waals surface area contributed by atoms with Gasteiger partial charge in [-0.3, -0.25) is 0 Å². The Hall–Kier alpha value is -0.130. The SMILES string of the molecule is C#CC(O)CC1CCSCC1. The maximum atomic E-state index is 9.17. The smallest absolute Gasteiger partial charge is 0.114 e. The van der Waals surface area contributed by atoms with Crippen LogP contribution in [0.25, 0.3) is 0 Å². The van der Waals surface area contributed by atoms with E-state index in [9.17, 15) is 0 Å². The highest BCUT2D eigenvalue weighted by Gasteiger charge is 2.15. The van der Waals surface area contributed by atoms with Crippen molar-refractivity contribution in [2.75, 3.05) is 11.5 Å². The van der Waals surface area contributed by atoms with Gasteiger partial charge in [0.15, 0.2) is 0 Å². The summed E-state index contributed by atoms with van der Waals surface area (Å²) in [4.78, 5) is 0. The summed E-state index contributed by atoms with van der Waals surface area (Å²) in [5.41, 5.74) is 0. The predicted molar refractivity (Wildman–Crippen MR) is 49.5 cm³/mol. The van der Waals surface area contributed by atoms with Gasteiger partial charge in [-0.2, -0.15) is 11.8 Å². The molecule has 0 aromatic heterocycles. The van der Waals surface area contributed by atoms with Crippen LogP contribution in [0.4, 0.5) is 0 Å². The van der Waals surface area contributed by atoms with Gasteiger partial charge in [-0.15, -0.1) is 6.42 Å². The zero-order valence-corrected chi connectivity index (χ0v) is 7.44. The fourth-order valence-corrected chi connectivity index (χ4v) is 2.57. The highest BCUT2D eigenvalue weighted by atomic mass is 32.2. The molecule has 0 aromatic rings. The minimum atomic E-state index is -0.511. The van der Waals surface area contributed by atoms with E-state index >= 15 is 0 Å². The highest BCUT2D eigenvalue weighted by molar-refractivity contribution is 7.99. The molecule has 0 bridgehead atoms. The van der Waals surface area contributed by atoms with Crippen LogP contribution in [0.3, 0.4) is 0 Å². The lowest BCUT2D eigenvalue weighted by atomic mass is 9.96. The highest BCUT2D eigenvalue weighted by Crippen LogP contribution is 2.25. The van der Waals surface area contributed by atoms with Crippen LogP contribution >= 0.6 is 11.8 Å². The lowest BCUT2D eigenvalue weighted by Gasteiger charge is -2.21. The Kier molecular flexibility index (Phi) is 3.82. The molecule has 62 valence electrons. The van der Waals surface area contributed by atoms with Crippen LogP contribution in [0.2, 0.25) is 0 Å². The number of aliphatic hydroxyl groups excluding tert-OH is 1. The van der Waals surface area contributed by atoms with E-state index in [1.165, 1.54) is 24.3 Å². The van der Waals surface area contributed by atoms with Gasteiger partial charge in [0, 0.05) is 0 Å². The Morgan fingerprint density at radius 1 is 1.55 bits per heavy atom. The zero-order valence-electron chi connectivity index (χ0n) is 6.62. The standard InChI is InChI=1S/C9H14OS/c1-2-9(10)7-8-3-5-11-6-4-8/h1,8-10H,3-7H2. The molecule has 1 N–H and O–H groups in total. The van der Waals surface area contributed by atoms with E-state index in [1.54, 1.807) is 0 Å². The number of hydrogen-bond acceptors (Lipinski definition) is 2. The average Bonchev–Trinajstić information content (AvgIpc) is 2.06. The van der Waals surface area contributed by atoms with Crippen LogP contribution in [-0.2, 0) is 0 Å². The monoisotopic (exact) mass is 170 g/mol. The Bertz CT molecular complexity index is 144. The number of hydrogen-bond donors (Lipinski definition) is 1. The molecular weight excluding hydrogens is 156 g/mol. The van der Waals surface area contributed by atoms with Gasteiger partial charge in [-0.05, 0) is 36.7 Å². The van der Waals surface area contributed by atoms with Crippen molar-refractivity contribution in [2.24, 2.45) is 5.92 Å². The molecule has 1 nitrogen and oxygen atoms in total. The molecule has 1 aliphatic rings. The molecule has 1 saturated heterocycles. The summed E-state index contributed by atoms with van der Waals surface area (Å²) in [5.74, 6) is 5.51. The number of thioether (sulfide) groups is 1. The maximum Gasteiger partial charge on any atom is 0.114 e. The van der Waals surface area contributed by atoms with E-state index in [0.29, 0.717) is 5.92 Å².